The van der Waals surface area contributed by atoms with Crippen LogP contribution in [0.2, 0.25) is 0 Å². The summed E-state index contributed by atoms with van der Waals surface area (Å²) >= 11 is 0. The van der Waals surface area contributed by atoms with Crippen LogP contribution in [0.4, 0.5) is 23.7 Å². The molecule has 1 aromatic heterocycles. The molecule has 1 aliphatic carbocycles. The number of primary amides is 1. The average molecular weight is 518 g/mol. The highest BCUT2D eigenvalue weighted by Crippen LogP contribution is 2.40. The summed E-state index contributed by atoms with van der Waals surface area (Å²) in [5.41, 5.74) is 6.59. The van der Waals surface area contributed by atoms with E-state index >= 15 is 0 Å². The van der Waals surface area contributed by atoms with Gasteiger partial charge in [-0.3, -0.25) is 14.7 Å². The van der Waals surface area contributed by atoms with Gasteiger partial charge in [0.05, 0.1) is 11.1 Å². The SMILES string of the molecule is NC(=O)N(c1cccc(-c2c(C(=O)c3ccccc3)cnc3c(C(F)(F)F)cccc23)c1)C1CCCCC1. The van der Waals surface area contributed by atoms with Gasteiger partial charge in [0, 0.05) is 40.0 Å². The predicted molar refractivity (Wildman–Crippen MR) is 141 cm³/mol. The van der Waals surface area contributed by atoms with E-state index < -0.39 is 17.8 Å². The van der Waals surface area contributed by atoms with E-state index in [1.54, 1.807) is 59.5 Å². The van der Waals surface area contributed by atoms with Gasteiger partial charge in [0.1, 0.15) is 0 Å². The molecule has 194 valence electrons. The van der Waals surface area contributed by atoms with Crippen LogP contribution >= 0.6 is 0 Å². The molecule has 1 fully saturated rings. The molecule has 0 bridgehead atoms. The molecule has 0 unspecified atom stereocenters. The average Bonchev–Trinajstić information content (AvgIpc) is 2.92. The Labute approximate surface area is 218 Å². The first-order valence-corrected chi connectivity index (χ1v) is 12.5. The molecule has 5 nitrogen and oxygen atoms in total. The number of benzene rings is 3. The van der Waals surface area contributed by atoms with Crippen molar-refractivity contribution in [3.63, 3.8) is 0 Å². The number of nitrogens with two attached hydrogens (primary N) is 1. The number of amides is 2. The fourth-order valence-electron chi connectivity index (χ4n) is 5.35. The Morgan fingerprint density at radius 3 is 2.29 bits per heavy atom. The molecule has 4 aromatic rings. The van der Waals surface area contributed by atoms with Crippen molar-refractivity contribution in [2.45, 2.75) is 44.3 Å². The van der Waals surface area contributed by atoms with Crippen LogP contribution in [0.5, 0.6) is 0 Å². The zero-order valence-electron chi connectivity index (χ0n) is 20.5. The summed E-state index contributed by atoms with van der Waals surface area (Å²) in [7, 11) is 0. The van der Waals surface area contributed by atoms with E-state index in [2.05, 4.69) is 4.98 Å². The number of hydrogen-bond acceptors (Lipinski definition) is 3. The van der Waals surface area contributed by atoms with Gasteiger partial charge in [-0.2, -0.15) is 13.2 Å². The molecule has 3 aromatic carbocycles. The van der Waals surface area contributed by atoms with Crippen molar-refractivity contribution in [2.75, 3.05) is 4.90 Å². The van der Waals surface area contributed by atoms with Crippen molar-refractivity contribution in [1.82, 2.24) is 4.98 Å². The molecule has 0 atom stereocenters. The summed E-state index contributed by atoms with van der Waals surface area (Å²) in [5, 5.41) is 0.196. The summed E-state index contributed by atoms with van der Waals surface area (Å²) in [6.07, 6.45) is 1.29. The topological polar surface area (TPSA) is 76.3 Å². The summed E-state index contributed by atoms with van der Waals surface area (Å²) in [6.45, 7) is 0. The highest BCUT2D eigenvalue weighted by Gasteiger charge is 2.34. The highest BCUT2D eigenvalue weighted by atomic mass is 19.4. The number of urea groups is 1. The minimum Gasteiger partial charge on any atom is -0.351 e. The normalized spacial score (nSPS) is 14.4. The van der Waals surface area contributed by atoms with Crippen molar-refractivity contribution in [3.8, 4) is 11.1 Å². The second-order valence-electron chi connectivity index (χ2n) is 9.49. The number of rotatable bonds is 5. The van der Waals surface area contributed by atoms with Crippen LogP contribution < -0.4 is 10.6 Å². The van der Waals surface area contributed by atoms with E-state index in [4.69, 9.17) is 5.73 Å². The Morgan fingerprint density at radius 2 is 1.61 bits per heavy atom. The van der Waals surface area contributed by atoms with Gasteiger partial charge in [0.25, 0.3) is 0 Å². The van der Waals surface area contributed by atoms with Gasteiger partial charge in [-0.05, 0) is 36.6 Å². The van der Waals surface area contributed by atoms with Gasteiger partial charge in [-0.15, -0.1) is 0 Å². The number of para-hydroxylation sites is 1. The van der Waals surface area contributed by atoms with Gasteiger partial charge >= 0.3 is 12.2 Å². The lowest BCUT2D eigenvalue weighted by atomic mass is 9.90. The van der Waals surface area contributed by atoms with E-state index in [1.807, 2.05) is 0 Å². The summed E-state index contributed by atoms with van der Waals surface area (Å²) in [5.74, 6) is -0.364. The number of aromatic nitrogens is 1. The number of alkyl halides is 3. The number of pyridine rings is 1. The minimum absolute atomic E-state index is 0.0621. The maximum atomic E-state index is 13.9. The number of nitrogens with zero attached hydrogens (tertiary/aromatic N) is 2. The third-order valence-electron chi connectivity index (χ3n) is 7.07. The summed E-state index contributed by atoms with van der Waals surface area (Å²) in [4.78, 5) is 31.8. The number of anilines is 1. The number of carbonyl (C=O) groups excluding carboxylic acids is 2. The van der Waals surface area contributed by atoms with Crippen molar-refractivity contribution in [2.24, 2.45) is 5.73 Å². The lowest BCUT2D eigenvalue weighted by Gasteiger charge is -2.33. The zero-order valence-corrected chi connectivity index (χ0v) is 20.5. The first-order valence-electron chi connectivity index (χ1n) is 12.5. The van der Waals surface area contributed by atoms with E-state index in [1.165, 1.54) is 18.3 Å². The van der Waals surface area contributed by atoms with Crippen LogP contribution in [0, 0.1) is 0 Å². The third kappa shape index (κ3) is 4.86. The molecule has 1 saturated carbocycles. The predicted octanol–water partition coefficient (Wildman–Crippen LogP) is 7.37. The van der Waals surface area contributed by atoms with Crippen molar-refractivity contribution < 1.29 is 22.8 Å². The van der Waals surface area contributed by atoms with Crippen molar-refractivity contribution in [1.29, 1.82) is 0 Å². The monoisotopic (exact) mass is 517 g/mol. The molecule has 0 spiro atoms. The first-order chi connectivity index (χ1) is 18.3. The molecule has 1 aliphatic rings. The molecule has 0 saturated heterocycles. The van der Waals surface area contributed by atoms with Crippen LogP contribution in [0.15, 0.2) is 79.0 Å². The molecule has 2 amide bonds. The van der Waals surface area contributed by atoms with E-state index in [0.717, 1.165) is 38.2 Å². The van der Waals surface area contributed by atoms with Crippen LogP contribution in [0.25, 0.3) is 22.0 Å². The van der Waals surface area contributed by atoms with E-state index in [-0.39, 0.29) is 28.3 Å². The molecule has 2 N–H and O–H groups in total. The fourth-order valence-corrected chi connectivity index (χ4v) is 5.35. The first kappa shape index (κ1) is 25.4. The Kier molecular flexibility index (Phi) is 6.89. The van der Waals surface area contributed by atoms with Crippen LogP contribution in [0.1, 0.15) is 53.6 Å². The third-order valence-corrected chi connectivity index (χ3v) is 7.07. The van der Waals surface area contributed by atoms with Gasteiger partial charge in [0.15, 0.2) is 5.78 Å². The van der Waals surface area contributed by atoms with Crippen molar-refractivity contribution >= 4 is 28.4 Å². The number of hydrogen-bond donors (Lipinski definition) is 1. The molecule has 0 aliphatic heterocycles. The largest absolute Gasteiger partial charge is 0.418 e. The molecule has 1 heterocycles. The highest BCUT2D eigenvalue weighted by molar-refractivity contribution is 6.17. The molecule has 5 rings (SSSR count). The maximum absolute atomic E-state index is 13.9. The lowest BCUT2D eigenvalue weighted by Crippen LogP contribution is -2.44. The Bertz CT molecular complexity index is 1500. The number of carbonyl (C=O) groups is 2. The smallest absolute Gasteiger partial charge is 0.351 e. The van der Waals surface area contributed by atoms with Crippen LogP contribution in [-0.4, -0.2) is 22.8 Å². The standard InChI is InChI=1S/C30H26F3N3O2/c31-30(32,33)25-16-8-15-23-26(24(18-35-27(23)25)28(37)19-9-3-1-4-10-19)20-11-7-14-22(17-20)36(29(34)38)21-12-5-2-6-13-21/h1,3-4,7-11,14-18,21H,2,5-6,12-13H2,(H2,34,38). The van der Waals surface area contributed by atoms with E-state index in [0.29, 0.717) is 22.4 Å². The Balaban J connectivity index is 1.74. The number of ketones is 1. The zero-order chi connectivity index (χ0) is 26.9. The van der Waals surface area contributed by atoms with E-state index in [9.17, 15) is 22.8 Å². The second kappa shape index (κ2) is 10.3. The quantitative estimate of drug-likeness (QED) is 0.281. The fraction of sp³-hybridized carbons (Fsp3) is 0.233. The molecule has 38 heavy (non-hydrogen) atoms. The molecular weight excluding hydrogens is 491 g/mol. The van der Waals surface area contributed by atoms with Gasteiger partial charge in [0.2, 0.25) is 0 Å². The maximum Gasteiger partial charge on any atom is 0.418 e. The lowest BCUT2D eigenvalue weighted by molar-refractivity contribution is -0.136. The van der Waals surface area contributed by atoms with Gasteiger partial charge in [-0.1, -0.05) is 73.9 Å². The van der Waals surface area contributed by atoms with Crippen molar-refractivity contribution in [3.05, 3.63) is 95.7 Å². The Morgan fingerprint density at radius 1 is 0.895 bits per heavy atom. The molecular formula is C30H26F3N3O2. The second-order valence-corrected chi connectivity index (χ2v) is 9.49. The summed E-state index contributed by atoms with van der Waals surface area (Å²) in [6, 6.07) is 18.6. The minimum atomic E-state index is -4.62. The van der Waals surface area contributed by atoms with Gasteiger partial charge in [-0.25, -0.2) is 4.79 Å². The van der Waals surface area contributed by atoms with Gasteiger partial charge < -0.3 is 5.73 Å². The summed E-state index contributed by atoms with van der Waals surface area (Å²) < 4.78 is 41.6. The Hall–Kier alpha value is -4.20. The van der Waals surface area contributed by atoms with Crippen LogP contribution in [0.3, 0.4) is 0 Å². The van der Waals surface area contributed by atoms with Crippen LogP contribution in [-0.2, 0) is 6.18 Å². The number of fused-ring (bicyclic) bond motifs is 1. The molecule has 8 heteroatoms. The number of halogens is 3. The molecule has 0 radical (unpaired) electrons.